The first-order valence-corrected chi connectivity index (χ1v) is 14.0. The van der Waals surface area contributed by atoms with Gasteiger partial charge in [-0.2, -0.15) is 10.6 Å². The minimum Gasteiger partial charge on any atom is -0.465 e. The molecule has 1 fully saturated rings. The molecule has 1 aromatic heterocycles. The summed E-state index contributed by atoms with van der Waals surface area (Å²) in [5.74, 6) is 2.34. The number of rotatable bonds is 4. The van der Waals surface area contributed by atoms with Crippen molar-refractivity contribution < 1.29 is 19.0 Å². The molecule has 182 valence electrons. The van der Waals surface area contributed by atoms with Gasteiger partial charge in [-0.25, -0.2) is 9.78 Å². The molecule has 2 aromatic carbocycles. The van der Waals surface area contributed by atoms with Crippen molar-refractivity contribution in [2.24, 2.45) is 5.92 Å². The number of imidazole rings is 1. The lowest BCUT2D eigenvalue weighted by atomic mass is 9.95. The van der Waals surface area contributed by atoms with Gasteiger partial charge in [0, 0.05) is 35.6 Å². The second-order valence-electron chi connectivity index (χ2n) is 9.84. The smallest absolute Gasteiger partial charge is 0.412 e. The largest absolute Gasteiger partial charge is 0.465 e. The molecule has 2 aliphatic rings. The number of benzene rings is 2. The van der Waals surface area contributed by atoms with Crippen LogP contribution in [0.25, 0.3) is 11.0 Å². The van der Waals surface area contributed by atoms with Gasteiger partial charge in [0.1, 0.15) is 5.82 Å². The van der Waals surface area contributed by atoms with E-state index in [0.29, 0.717) is 17.4 Å². The van der Waals surface area contributed by atoms with E-state index >= 15 is 0 Å². The zero-order valence-corrected chi connectivity index (χ0v) is 20.5. The first-order chi connectivity index (χ1) is 16.2. The maximum atomic E-state index is 12.0. The topological polar surface area (TPSA) is 98.8 Å². The molecular formula is C26H33N3O4S. The normalized spacial score (nSPS) is 22.4. The van der Waals surface area contributed by atoms with Crippen LogP contribution in [0.4, 0.5) is 10.5 Å². The van der Waals surface area contributed by atoms with Crippen molar-refractivity contribution in [1.29, 1.82) is 0 Å². The second kappa shape index (κ2) is 8.91. The van der Waals surface area contributed by atoms with Crippen LogP contribution < -0.4 is 4.90 Å². The average molecular weight is 484 g/mol. The average Bonchev–Trinajstić information content (AvgIpc) is 3.18. The number of anilines is 1. The van der Waals surface area contributed by atoms with Gasteiger partial charge in [-0.1, -0.05) is 37.3 Å². The molecular weight excluding hydrogens is 450 g/mol. The summed E-state index contributed by atoms with van der Waals surface area (Å²) in [4.78, 5) is 18.6. The molecule has 8 heteroatoms. The van der Waals surface area contributed by atoms with Gasteiger partial charge in [-0.05, 0) is 56.2 Å². The highest BCUT2D eigenvalue weighted by atomic mass is 32.3. The van der Waals surface area contributed by atoms with Gasteiger partial charge in [0.2, 0.25) is 0 Å². The Bertz CT molecular complexity index is 1200. The Labute approximate surface area is 201 Å². The molecule has 5 rings (SSSR count). The summed E-state index contributed by atoms with van der Waals surface area (Å²) in [6.07, 6.45) is 2.23. The van der Waals surface area contributed by atoms with Crippen LogP contribution in [0.1, 0.15) is 56.0 Å². The van der Waals surface area contributed by atoms with Crippen molar-refractivity contribution in [3.63, 3.8) is 0 Å². The fourth-order valence-electron chi connectivity index (χ4n) is 5.55. The van der Waals surface area contributed by atoms with Crippen LogP contribution in [-0.4, -0.2) is 47.4 Å². The highest BCUT2D eigenvalue weighted by Crippen LogP contribution is 2.46. The van der Waals surface area contributed by atoms with Gasteiger partial charge >= 0.3 is 6.09 Å². The number of aryl methyl sites for hydroxylation is 1. The molecule has 1 saturated heterocycles. The first kappa shape index (κ1) is 23.2. The van der Waals surface area contributed by atoms with Crippen molar-refractivity contribution in [3.05, 3.63) is 59.4 Å². The van der Waals surface area contributed by atoms with E-state index in [0.717, 1.165) is 60.3 Å². The van der Waals surface area contributed by atoms with Gasteiger partial charge in [-0.3, -0.25) is 14.0 Å². The fourth-order valence-corrected chi connectivity index (χ4v) is 7.17. The predicted molar refractivity (Wildman–Crippen MR) is 137 cm³/mol. The Balaban J connectivity index is 1.61. The molecule has 3 aromatic rings. The van der Waals surface area contributed by atoms with Crippen LogP contribution in [0.15, 0.2) is 42.5 Å². The maximum absolute atomic E-state index is 12.0. The van der Waals surface area contributed by atoms with E-state index in [2.05, 4.69) is 23.6 Å². The van der Waals surface area contributed by atoms with Crippen LogP contribution in [0.2, 0.25) is 0 Å². The Morgan fingerprint density at radius 1 is 1.12 bits per heavy atom. The van der Waals surface area contributed by atoms with Crippen LogP contribution >= 0.6 is 10.6 Å². The predicted octanol–water partition coefficient (Wildman–Crippen LogP) is 6.17. The summed E-state index contributed by atoms with van der Waals surface area (Å²) >= 11 is 0. The number of nitrogens with zero attached hydrogens (tertiary/aromatic N) is 3. The maximum Gasteiger partial charge on any atom is 0.412 e. The minimum absolute atomic E-state index is 0.0609. The molecule has 2 unspecified atom stereocenters. The first-order valence-electron chi connectivity index (χ1n) is 12.1. The SMILES string of the molecule is CC(c1ccccc1)c1nc2c3c(ccc2n1CC1CCS(O)(O)CC1)N(C(=O)O)C(C)CC3. The van der Waals surface area contributed by atoms with E-state index < -0.39 is 16.7 Å². The van der Waals surface area contributed by atoms with E-state index in [1.54, 1.807) is 0 Å². The molecule has 0 saturated carbocycles. The highest BCUT2D eigenvalue weighted by molar-refractivity contribution is 8.24. The summed E-state index contributed by atoms with van der Waals surface area (Å²) < 4.78 is 22.4. The minimum atomic E-state index is -2.42. The second-order valence-corrected chi connectivity index (χ2v) is 12.3. The molecule has 0 bridgehead atoms. The lowest BCUT2D eigenvalue weighted by molar-refractivity contribution is 0.198. The van der Waals surface area contributed by atoms with Gasteiger partial charge in [0.05, 0.1) is 16.7 Å². The molecule has 0 radical (unpaired) electrons. The number of fused-ring (bicyclic) bond motifs is 3. The van der Waals surface area contributed by atoms with Crippen molar-refractivity contribution in [1.82, 2.24) is 9.55 Å². The molecule has 0 aliphatic carbocycles. The molecule has 34 heavy (non-hydrogen) atoms. The summed E-state index contributed by atoms with van der Waals surface area (Å²) in [5, 5.41) is 9.84. The lowest BCUT2D eigenvalue weighted by Gasteiger charge is -2.39. The number of carbonyl (C=O) groups is 1. The summed E-state index contributed by atoms with van der Waals surface area (Å²) in [6, 6.07) is 14.2. The van der Waals surface area contributed by atoms with Crippen molar-refractivity contribution in [2.75, 3.05) is 16.4 Å². The van der Waals surface area contributed by atoms with E-state index in [1.807, 2.05) is 37.3 Å². The zero-order valence-electron chi connectivity index (χ0n) is 19.7. The fraction of sp³-hybridized carbons (Fsp3) is 0.462. The molecule has 7 nitrogen and oxygen atoms in total. The Morgan fingerprint density at radius 3 is 2.50 bits per heavy atom. The monoisotopic (exact) mass is 483 g/mol. The number of aromatic nitrogens is 2. The number of carboxylic acid groups (broad SMARTS) is 1. The molecule has 3 heterocycles. The van der Waals surface area contributed by atoms with Crippen LogP contribution in [0.3, 0.4) is 0 Å². The van der Waals surface area contributed by atoms with Crippen LogP contribution in [-0.2, 0) is 13.0 Å². The summed E-state index contributed by atoms with van der Waals surface area (Å²) in [7, 11) is -2.42. The quantitative estimate of drug-likeness (QED) is 0.412. The van der Waals surface area contributed by atoms with Crippen molar-refractivity contribution in [3.8, 4) is 0 Å². The van der Waals surface area contributed by atoms with E-state index in [1.165, 1.54) is 10.5 Å². The van der Waals surface area contributed by atoms with E-state index in [-0.39, 0.29) is 12.0 Å². The van der Waals surface area contributed by atoms with E-state index in [4.69, 9.17) is 4.98 Å². The van der Waals surface area contributed by atoms with Gasteiger partial charge in [0.15, 0.2) is 0 Å². The van der Waals surface area contributed by atoms with Gasteiger partial charge in [-0.15, -0.1) is 0 Å². The third kappa shape index (κ3) is 4.19. The number of amides is 1. The molecule has 3 N–H and O–H groups in total. The molecule has 1 amide bonds. The van der Waals surface area contributed by atoms with Gasteiger partial charge < -0.3 is 9.67 Å². The summed E-state index contributed by atoms with van der Waals surface area (Å²) in [5.41, 5.74) is 4.87. The number of hydrogen-bond donors (Lipinski definition) is 3. The molecule has 2 atom stereocenters. The third-order valence-corrected chi connectivity index (χ3v) is 9.36. The van der Waals surface area contributed by atoms with Crippen LogP contribution in [0.5, 0.6) is 0 Å². The zero-order chi connectivity index (χ0) is 24.0. The Kier molecular flexibility index (Phi) is 6.08. The highest BCUT2D eigenvalue weighted by Gasteiger charge is 2.32. The number of hydrogen-bond acceptors (Lipinski definition) is 4. The molecule has 0 spiro atoms. The molecule has 2 aliphatic heterocycles. The Morgan fingerprint density at radius 2 is 1.82 bits per heavy atom. The van der Waals surface area contributed by atoms with Gasteiger partial charge in [0.25, 0.3) is 0 Å². The van der Waals surface area contributed by atoms with Crippen molar-refractivity contribution in [2.45, 2.75) is 58.0 Å². The van der Waals surface area contributed by atoms with E-state index in [9.17, 15) is 19.0 Å². The van der Waals surface area contributed by atoms with Crippen LogP contribution in [0, 0.1) is 5.92 Å². The summed E-state index contributed by atoms with van der Waals surface area (Å²) in [6.45, 7) is 4.90. The third-order valence-electron chi connectivity index (χ3n) is 7.58. The lowest BCUT2D eigenvalue weighted by Crippen LogP contribution is -2.41. The Hall–Kier alpha value is -2.55. The van der Waals surface area contributed by atoms with Crippen molar-refractivity contribution >= 4 is 33.4 Å². The standard InChI is InChI=1S/C26H33N3O4S/c1-17-8-9-21-22(29(17)26(30)31)10-11-23-24(21)27-25(18(2)20-6-4-3-5-7-20)28(23)16-19-12-14-34(32,33)15-13-19/h3-7,10-11,17-19,32-33H,8-9,12-16H2,1-2H3,(H,30,31).